The number of hydrogen-bond donors (Lipinski definition) is 2. The summed E-state index contributed by atoms with van der Waals surface area (Å²) in [6.07, 6.45) is 6.78. The topological polar surface area (TPSA) is 58.4 Å². The van der Waals surface area contributed by atoms with Crippen LogP contribution in [0.15, 0.2) is 0 Å². The molecule has 0 saturated heterocycles. The molecule has 19 heavy (non-hydrogen) atoms. The zero-order valence-electron chi connectivity index (χ0n) is 12.6. The van der Waals surface area contributed by atoms with E-state index in [-0.39, 0.29) is 17.4 Å². The number of nitrogens with one attached hydrogen (secondary N) is 1. The fourth-order valence-corrected chi connectivity index (χ4v) is 3.15. The van der Waals surface area contributed by atoms with Crippen LogP contribution >= 0.6 is 0 Å². The van der Waals surface area contributed by atoms with Crippen LogP contribution in [-0.4, -0.2) is 42.0 Å². The summed E-state index contributed by atoms with van der Waals surface area (Å²) in [6, 6.07) is 1.14. The highest BCUT2D eigenvalue weighted by atomic mass is 16.1. The van der Waals surface area contributed by atoms with Crippen LogP contribution in [0.5, 0.6) is 0 Å². The maximum absolute atomic E-state index is 12.3. The molecule has 0 aliphatic heterocycles. The molecule has 1 amide bonds. The Kier molecular flexibility index (Phi) is 4.51. The summed E-state index contributed by atoms with van der Waals surface area (Å²) in [5, 5.41) is 3.11. The van der Waals surface area contributed by atoms with Crippen molar-refractivity contribution < 1.29 is 4.79 Å². The van der Waals surface area contributed by atoms with Gasteiger partial charge in [-0.05, 0) is 46.6 Å². The average molecular weight is 267 g/mol. The van der Waals surface area contributed by atoms with E-state index in [1.54, 1.807) is 0 Å². The first-order valence-electron chi connectivity index (χ1n) is 7.70. The van der Waals surface area contributed by atoms with Gasteiger partial charge in [-0.25, -0.2) is 0 Å². The van der Waals surface area contributed by atoms with Crippen molar-refractivity contribution >= 4 is 5.91 Å². The number of carbonyl (C=O) groups excluding carboxylic acids is 1. The van der Waals surface area contributed by atoms with Crippen LogP contribution in [0, 0.1) is 5.92 Å². The summed E-state index contributed by atoms with van der Waals surface area (Å²) < 4.78 is 0. The summed E-state index contributed by atoms with van der Waals surface area (Å²) >= 11 is 0. The van der Waals surface area contributed by atoms with Crippen molar-refractivity contribution in [1.29, 1.82) is 0 Å². The van der Waals surface area contributed by atoms with E-state index >= 15 is 0 Å². The molecule has 4 heteroatoms. The zero-order chi connectivity index (χ0) is 14.0. The lowest BCUT2D eigenvalue weighted by atomic mass is 9.74. The SMILES string of the molecule is CC(CNC(=O)C1CCCCC1(C)N)N(C)C1CC1. The van der Waals surface area contributed by atoms with Crippen LogP contribution in [0.2, 0.25) is 0 Å². The molecule has 0 radical (unpaired) electrons. The van der Waals surface area contributed by atoms with Crippen LogP contribution in [-0.2, 0) is 4.79 Å². The molecule has 0 bridgehead atoms. The third-order valence-corrected chi connectivity index (χ3v) is 4.96. The van der Waals surface area contributed by atoms with Crippen LogP contribution < -0.4 is 11.1 Å². The third kappa shape index (κ3) is 3.69. The quantitative estimate of drug-likeness (QED) is 0.793. The minimum atomic E-state index is -0.325. The van der Waals surface area contributed by atoms with E-state index in [0.29, 0.717) is 6.04 Å². The van der Waals surface area contributed by atoms with Crippen molar-refractivity contribution in [1.82, 2.24) is 10.2 Å². The van der Waals surface area contributed by atoms with Gasteiger partial charge < -0.3 is 11.1 Å². The van der Waals surface area contributed by atoms with Gasteiger partial charge in [0.15, 0.2) is 0 Å². The van der Waals surface area contributed by atoms with Crippen molar-refractivity contribution in [2.24, 2.45) is 11.7 Å². The van der Waals surface area contributed by atoms with E-state index in [2.05, 4.69) is 24.2 Å². The zero-order valence-corrected chi connectivity index (χ0v) is 12.6. The Hall–Kier alpha value is -0.610. The van der Waals surface area contributed by atoms with Gasteiger partial charge in [-0.2, -0.15) is 0 Å². The lowest BCUT2D eigenvalue weighted by molar-refractivity contribution is -0.128. The minimum absolute atomic E-state index is 0.0142. The number of hydrogen-bond acceptors (Lipinski definition) is 3. The smallest absolute Gasteiger partial charge is 0.225 e. The molecule has 2 saturated carbocycles. The first-order chi connectivity index (χ1) is 8.92. The first-order valence-corrected chi connectivity index (χ1v) is 7.70. The molecule has 3 N–H and O–H groups in total. The number of nitrogens with zero attached hydrogens (tertiary/aromatic N) is 1. The summed E-state index contributed by atoms with van der Waals surface area (Å²) in [5.74, 6) is 0.139. The van der Waals surface area contributed by atoms with Gasteiger partial charge >= 0.3 is 0 Å². The van der Waals surface area contributed by atoms with Crippen LogP contribution in [0.4, 0.5) is 0 Å². The molecule has 0 heterocycles. The number of rotatable bonds is 5. The van der Waals surface area contributed by atoms with Gasteiger partial charge in [-0.1, -0.05) is 12.8 Å². The van der Waals surface area contributed by atoms with E-state index in [4.69, 9.17) is 5.73 Å². The Morgan fingerprint density at radius 1 is 1.42 bits per heavy atom. The van der Waals surface area contributed by atoms with E-state index in [9.17, 15) is 4.79 Å². The number of nitrogens with two attached hydrogens (primary N) is 1. The van der Waals surface area contributed by atoms with Crippen molar-refractivity contribution in [3.63, 3.8) is 0 Å². The van der Waals surface area contributed by atoms with Crippen LogP contribution in [0.1, 0.15) is 52.4 Å². The maximum Gasteiger partial charge on any atom is 0.225 e. The summed E-state index contributed by atoms with van der Waals surface area (Å²) in [5.41, 5.74) is 5.95. The molecule has 0 aromatic heterocycles. The Balaban J connectivity index is 1.79. The second kappa shape index (κ2) is 5.80. The summed E-state index contributed by atoms with van der Waals surface area (Å²) in [6.45, 7) is 4.94. The normalized spacial score (nSPS) is 33.2. The molecule has 2 rings (SSSR count). The lowest BCUT2D eigenvalue weighted by Gasteiger charge is -2.37. The van der Waals surface area contributed by atoms with Crippen molar-refractivity contribution in [2.75, 3.05) is 13.6 Å². The molecular weight excluding hydrogens is 238 g/mol. The summed E-state index contributed by atoms with van der Waals surface area (Å²) in [7, 11) is 2.15. The van der Waals surface area contributed by atoms with Crippen LogP contribution in [0.25, 0.3) is 0 Å². The van der Waals surface area contributed by atoms with Gasteiger partial charge in [0.1, 0.15) is 0 Å². The van der Waals surface area contributed by atoms with Gasteiger partial charge in [-0.3, -0.25) is 9.69 Å². The molecule has 0 spiro atoms. The molecule has 4 nitrogen and oxygen atoms in total. The van der Waals surface area contributed by atoms with Gasteiger partial charge in [0.05, 0.1) is 5.92 Å². The van der Waals surface area contributed by atoms with E-state index in [1.807, 2.05) is 6.92 Å². The second-order valence-electron chi connectivity index (χ2n) is 6.80. The Morgan fingerprint density at radius 3 is 2.68 bits per heavy atom. The third-order valence-electron chi connectivity index (χ3n) is 4.96. The molecule has 110 valence electrons. The van der Waals surface area contributed by atoms with Crippen molar-refractivity contribution in [2.45, 2.75) is 70.0 Å². The molecule has 3 unspecified atom stereocenters. The second-order valence-corrected chi connectivity index (χ2v) is 6.80. The highest BCUT2D eigenvalue weighted by molar-refractivity contribution is 5.80. The minimum Gasteiger partial charge on any atom is -0.354 e. The molecular formula is C15H29N3O. The fraction of sp³-hybridized carbons (Fsp3) is 0.933. The number of likely N-dealkylation sites (N-methyl/N-ethyl adjacent to an activating group) is 1. The standard InChI is InChI=1S/C15H29N3O/c1-11(18(3)12-7-8-12)10-17-14(19)13-6-4-5-9-15(13,2)16/h11-13H,4-10,16H2,1-3H3,(H,17,19). The monoisotopic (exact) mass is 267 g/mol. The molecule has 3 atom stereocenters. The largest absolute Gasteiger partial charge is 0.354 e. The lowest BCUT2D eigenvalue weighted by Crippen LogP contribution is -2.54. The van der Waals surface area contributed by atoms with Crippen molar-refractivity contribution in [3.05, 3.63) is 0 Å². The first kappa shape index (κ1) is 14.8. The highest BCUT2D eigenvalue weighted by Gasteiger charge is 2.38. The van der Waals surface area contributed by atoms with E-state index in [0.717, 1.165) is 38.3 Å². The van der Waals surface area contributed by atoms with Gasteiger partial charge in [-0.15, -0.1) is 0 Å². The van der Waals surface area contributed by atoms with Crippen LogP contribution in [0.3, 0.4) is 0 Å². The van der Waals surface area contributed by atoms with Gasteiger partial charge in [0.2, 0.25) is 5.91 Å². The molecule has 2 aliphatic rings. The Morgan fingerprint density at radius 2 is 2.11 bits per heavy atom. The predicted octanol–water partition coefficient (Wildman–Crippen LogP) is 1.49. The molecule has 0 aromatic carbocycles. The summed E-state index contributed by atoms with van der Waals surface area (Å²) in [4.78, 5) is 14.7. The Bertz CT molecular complexity index is 325. The van der Waals surface area contributed by atoms with Crippen molar-refractivity contribution in [3.8, 4) is 0 Å². The maximum atomic E-state index is 12.3. The number of amides is 1. The highest BCUT2D eigenvalue weighted by Crippen LogP contribution is 2.31. The number of carbonyl (C=O) groups is 1. The van der Waals surface area contributed by atoms with Gasteiger partial charge in [0, 0.05) is 24.2 Å². The average Bonchev–Trinajstić information content (AvgIpc) is 3.18. The molecule has 2 fully saturated rings. The van der Waals surface area contributed by atoms with E-state index < -0.39 is 0 Å². The molecule has 0 aromatic rings. The molecule has 2 aliphatic carbocycles. The fourth-order valence-electron chi connectivity index (χ4n) is 3.15. The predicted molar refractivity (Wildman–Crippen MR) is 77.8 cm³/mol. The van der Waals surface area contributed by atoms with E-state index in [1.165, 1.54) is 12.8 Å². The Labute approximate surface area is 117 Å². The van der Waals surface area contributed by atoms with Gasteiger partial charge in [0.25, 0.3) is 0 Å².